The van der Waals surface area contributed by atoms with Crippen LogP contribution in [0.15, 0.2) is 0 Å². The molecule has 4 nitrogen and oxygen atoms in total. The second-order valence-corrected chi connectivity index (χ2v) is 3.86. The second-order valence-electron chi connectivity index (χ2n) is 2.67. The fourth-order valence-electron chi connectivity index (χ4n) is 0.707. The number of ketones is 1. The van der Waals surface area contributed by atoms with Crippen LogP contribution >= 0.6 is 11.8 Å². The predicted molar refractivity (Wildman–Crippen MR) is 51.4 cm³/mol. The van der Waals surface area contributed by atoms with Crippen molar-refractivity contribution < 1.29 is 14.4 Å². The van der Waals surface area contributed by atoms with Gasteiger partial charge in [-0.1, -0.05) is 11.8 Å². The summed E-state index contributed by atoms with van der Waals surface area (Å²) in [5.74, 6) is -0.0853. The summed E-state index contributed by atoms with van der Waals surface area (Å²) in [5, 5.41) is 2.41. The zero-order chi connectivity index (χ0) is 10.4. The lowest BCUT2D eigenvalue weighted by atomic mass is 10.2. The van der Waals surface area contributed by atoms with Crippen LogP contribution < -0.4 is 5.32 Å². The molecule has 1 N–H and O–H groups in total. The van der Waals surface area contributed by atoms with Gasteiger partial charge in [0.1, 0.15) is 0 Å². The van der Waals surface area contributed by atoms with E-state index in [2.05, 4.69) is 5.32 Å². The second kappa shape index (κ2) is 5.75. The van der Waals surface area contributed by atoms with Crippen LogP contribution in [0.5, 0.6) is 0 Å². The summed E-state index contributed by atoms with van der Waals surface area (Å²) < 4.78 is 0. The molecule has 0 bridgehead atoms. The van der Waals surface area contributed by atoms with Gasteiger partial charge in [0.15, 0.2) is 10.9 Å². The SMILES string of the molecule is CC(=O)N[C@H](CSC(C)=O)C(C)=O. The van der Waals surface area contributed by atoms with Crippen molar-refractivity contribution in [1.82, 2.24) is 5.32 Å². The molecule has 0 aliphatic heterocycles. The third-order valence-corrected chi connectivity index (χ3v) is 2.23. The Morgan fingerprint density at radius 1 is 1.23 bits per heavy atom. The van der Waals surface area contributed by atoms with E-state index in [-0.39, 0.29) is 16.8 Å². The lowest BCUT2D eigenvalue weighted by Crippen LogP contribution is -2.40. The highest BCUT2D eigenvalue weighted by molar-refractivity contribution is 8.13. The minimum atomic E-state index is -0.550. The van der Waals surface area contributed by atoms with Crippen molar-refractivity contribution in [2.75, 3.05) is 5.75 Å². The van der Waals surface area contributed by atoms with Crippen molar-refractivity contribution in [3.05, 3.63) is 0 Å². The molecule has 0 saturated carbocycles. The van der Waals surface area contributed by atoms with Gasteiger partial charge in [0.05, 0.1) is 6.04 Å². The van der Waals surface area contributed by atoms with Crippen LogP contribution in [0.25, 0.3) is 0 Å². The molecule has 0 rings (SSSR count). The van der Waals surface area contributed by atoms with Crippen LogP contribution in [-0.2, 0) is 14.4 Å². The first kappa shape index (κ1) is 12.2. The Bertz CT molecular complexity index is 227. The molecule has 0 unspecified atom stereocenters. The molecule has 0 spiro atoms. The zero-order valence-electron chi connectivity index (χ0n) is 7.92. The topological polar surface area (TPSA) is 63.2 Å². The monoisotopic (exact) mass is 203 g/mol. The van der Waals surface area contributed by atoms with Gasteiger partial charge in [-0.05, 0) is 6.92 Å². The van der Waals surface area contributed by atoms with Crippen LogP contribution in [-0.4, -0.2) is 28.6 Å². The van der Waals surface area contributed by atoms with Crippen molar-refractivity contribution in [2.45, 2.75) is 26.8 Å². The van der Waals surface area contributed by atoms with Crippen LogP contribution in [0.1, 0.15) is 20.8 Å². The Kier molecular flexibility index (Phi) is 5.37. The molecular formula is C8H13NO3S. The van der Waals surface area contributed by atoms with E-state index in [0.29, 0.717) is 5.75 Å². The minimum Gasteiger partial charge on any atom is -0.346 e. The molecule has 74 valence electrons. The van der Waals surface area contributed by atoms with Gasteiger partial charge in [0.25, 0.3) is 0 Å². The van der Waals surface area contributed by atoms with E-state index in [1.165, 1.54) is 20.8 Å². The van der Waals surface area contributed by atoms with Crippen LogP contribution in [0.2, 0.25) is 0 Å². The van der Waals surface area contributed by atoms with E-state index in [9.17, 15) is 14.4 Å². The van der Waals surface area contributed by atoms with Gasteiger partial charge in [0.2, 0.25) is 5.91 Å². The summed E-state index contributed by atoms with van der Waals surface area (Å²) >= 11 is 1.04. The molecule has 1 amide bonds. The molecular weight excluding hydrogens is 190 g/mol. The van der Waals surface area contributed by atoms with E-state index in [4.69, 9.17) is 0 Å². The van der Waals surface area contributed by atoms with Crippen molar-refractivity contribution in [2.24, 2.45) is 0 Å². The third kappa shape index (κ3) is 6.33. The van der Waals surface area contributed by atoms with Gasteiger partial charge in [-0.2, -0.15) is 0 Å². The van der Waals surface area contributed by atoms with Gasteiger partial charge in [0, 0.05) is 19.6 Å². The number of rotatable bonds is 4. The quantitative estimate of drug-likeness (QED) is 0.716. The first-order valence-electron chi connectivity index (χ1n) is 3.84. The lowest BCUT2D eigenvalue weighted by Gasteiger charge is -2.12. The number of hydrogen-bond acceptors (Lipinski definition) is 4. The molecule has 0 saturated heterocycles. The molecule has 0 aromatic carbocycles. The maximum Gasteiger partial charge on any atom is 0.217 e. The summed E-state index contributed by atoms with van der Waals surface area (Å²) in [6.07, 6.45) is 0. The van der Waals surface area contributed by atoms with Gasteiger partial charge in [-0.3, -0.25) is 14.4 Å². The molecule has 0 fully saturated rings. The van der Waals surface area contributed by atoms with Gasteiger partial charge < -0.3 is 5.32 Å². The fraction of sp³-hybridized carbons (Fsp3) is 0.625. The maximum atomic E-state index is 11.0. The molecule has 5 heteroatoms. The molecule has 13 heavy (non-hydrogen) atoms. The van der Waals surface area contributed by atoms with E-state index in [0.717, 1.165) is 11.8 Å². The Morgan fingerprint density at radius 2 is 1.77 bits per heavy atom. The third-order valence-electron chi connectivity index (χ3n) is 1.32. The van der Waals surface area contributed by atoms with Crippen LogP contribution in [0.4, 0.5) is 0 Å². The normalized spacial score (nSPS) is 11.9. The predicted octanol–water partition coefficient (Wildman–Crippen LogP) is 0.360. The summed E-state index contributed by atoms with van der Waals surface area (Å²) in [4.78, 5) is 32.2. The molecule has 0 aromatic heterocycles. The van der Waals surface area contributed by atoms with E-state index >= 15 is 0 Å². The molecule has 0 aliphatic rings. The average Bonchev–Trinajstić information content (AvgIpc) is 1.96. The number of amides is 1. The Morgan fingerprint density at radius 3 is 2.08 bits per heavy atom. The number of carbonyl (C=O) groups is 3. The van der Waals surface area contributed by atoms with Crippen molar-refractivity contribution >= 4 is 28.6 Å². The largest absolute Gasteiger partial charge is 0.346 e. The maximum absolute atomic E-state index is 11.0. The Labute approximate surface area is 81.5 Å². The Hall–Kier alpha value is -0.840. The summed E-state index contributed by atoms with van der Waals surface area (Å²) in [6.45, 7) is 4.16. The summed E-state index contributed by atoms with van der Waals surface area (Å²) in [7, 11) is 0. The van der Waals surface area contributed by atoms with Crippen molar-refractivity contribution in [3.8, 4) is 0 Å². The van der Waals surface area contributed by atoms with Crippen molar-refractivity contribution in [1.29, 1.82) is 0 Å². The van der Waals surface area contributed by atoms with Crippen molar-refractivity contribution in [3.63, 3.8) is 0 Å². The Balaban J connectivity index is 4.02. The first-order valence-corrected chi connectivity index (χ1v) is 4.83. The fourth-order valence-corrected chi connectivity index (χ4v) is 1.43. The molecule has 0 aromatic rings. The van der Waals surface area contributed by atoms with Gasteiger partial charge in [-0.15, -0.1) is 0 Å². The highest BCUT2D eigenvalue weighted by atomic mass is 32.2. The van der Waals surface area contributed by atoms with E-state index in [1.54, 1.807) is 0 Å². The summed E-state index contributed by atoms with van der Waals surface area (Å²) in [6, 6.07) is -0.550. The molecule has 0 radical (unpaired) electrons. The highest BCUT2D eigenvalue weighted by Gasteiger charge is 2.15. The molecule has 1 atom stereocenters. The average molecular weight is 203 g/mol. The van der Waals surface area contributed by atoms with Crippen LogP contribution in [0.3, 0.4) is 0 Å². The molecule has 0 aliphatic carbocycles. The van der Waals surface area contributed by atoms with E-state index < -0.39 is 6.04 Å². The van der Waals surface area contributed by atoms with Gasteiger partial charge >= 0.3 is 0 Å². The lowest BCUT2D eigenvalue weighted by molar-refractivity contribution is -0.125. The number of nitrogens with one attached hydrogen (secondary N) is 1. The molecule has 0 heterocycles. The number of Topliss-reactive ketones (excluding diaryl/α,β-unsaturated/α-hetero) is 1. The standard InChI is InChI=1S/C8H13NO3S/c1-5(10)8(9-6(2)11)4-13-7(3)12/h8H,4H2,1-3H3,(H,9,11)/t8-/m1/s1. The number of carbonyl (C=O) groups excluding carboxylic acids is 3. The first-order chi connectivity index (χ1) is 5.93. The number of thioether (sulfide) groups is 1. The summed E-state index contributed by atoms with van der Waals surface area (Å²) in [5.41, 5.74) is 0. The zero-order valence-corrected chi connectivity index (χ0v) is 8.73. The minimum absolute atomic E-state index is 0.0587. The van der Waals surface area contributed by atoms with Gasteiger partial charge in [-0.25, -0.2) is 0 Å². The number of hydrogen-bond donors (Lipinski definition) is 1. The van der Waals surface area contributed by atoms with E-state index in [1.807, 2.05) is 0 Å². The smallest absolute Gasteiger partial charge is 0.217 e. The van der Waals surface area contributed by atoms with Crippen LogP contribution in [0, 0.1) is 0 Å². The highest BCUT2D eigenvalue weighted by Crippen LogP contribution is 2.04.